The van der Waals surface area contributed by atoms with Crippen LogP contribution in [0.15, 0.2) is 12.2 Å². The van der Waals surface area contributed by atoms with Gasteiger partial charge in [-0.05, 0) is 13.3 Å². The summed E-state index contributed by atoms with van der Waals surface area (Å²) in [6, 6.07) is 0. The van der Waals surface area contributed by atoms with Gasteiger partial charge in [-0.25, -0.2) is 0 Å². The smallest absolute Gasteiger partial charge is 0.275 e. The van der Waals surface area contributed by atoms with E-state index in [9.17, 15) is 9.59 Å². The Hall–Kier alpha value is -1.40. The third-order valence-electron chi connectivity index (χ3n) is 4.05. The number of carbonyl (C=O) groups excluding carboxylic acids is 2. The van der Waals surface area contributed by atoms with Crippen molar-refractivity contribution in [2.75, 3.05) is 67.5 Å². The molecule has 0 saturated carbocycles. The fourth-order valence-corrected chi connectivity index (χ4v) is 2.60. The number of hydrogen-bond donors (Lipinski definition) is 2. The van der Waals surface area contributed by atoms with Crippen LogP contribution >= 0.6 is 0 Å². The second kappa shape index (κ2) is 10.5. The largest absolute Gasteiger partial charge is 0.352 e. The average molecular weight is 343 g/mol. The summed E-state index contributed by atoms with van der Waals surface area (Å²) in [6.07, 6.45) is 1.98. The first kappa shape index (κ1) is 22.6. The zero-order valence-corrected chi connectivity index (χ0v) is 16.6. The van der Waals surface area contributed by atoms with Crippen LogP contribution in [0.4, 0.5) is 0 Å². The number of amides is 2. The second-order valence-electron chi connectivity index (χ2n) is 7.94. The topological polar surface area (TPSA) is 58.2 Å². The first-order valence-electron chi connectivity index (χ1n) is 8.83. The molecule has 0 aliphatic heterocycles. The Labute approximate surface area is 148 Å². The molecule has 0 aliphatic rings. The molecular weight excluding hydrogens is 304 g/mol. The van der Waals surface area contributed by atoms with Gasteiger partial charge in [-0.15, -0.1) is 0 Å². The van der Waals surface area contributed by atoms with Gasteiger partial charge in [0.1, 0.15) is 0 Å². The maximum absolute atomic E-state index is 12.1. The highest BCUT2D eigenvalue weighted by molar-refractivity contribution is 5.91. The predicted octanol–water partition coefficient (Wildman–Crippen LogP) is 0.748. The molecule has 0 aliphatic carbocycles. The van der Waals surface area contributed by atoms with Crippen molar-refractivity contribution in [1.29, 1.82) is 0 Å². The molecule has 24 heavy (non-hydrogen) atoms. The molecule has 0 radical (unpaired) electrons. The van der Waals surface area contributed by atoms with Gasteiger partial charge in [0.2, 0.25) is 5.91 Å². The maximum atomic E-state index is 12.1. The minimum atomic E-state index is -0.106. The Morgan fingerprint density at radius 3 is 2.08 bits per heavy atom. The lowest BCUT2D eigenvalue weighted by molar-refractivity contribution is -0.889. The zero-order chi connectivity index (χ0) is 18.8. The molecule has 0 spiro atoms. The van der Waals surface area contributed by atoms with Crippen LogP contribution in [0.25, 0.3) is 0 Å². The van der Waals surface area contributed by atoms with Crippen molar-refractivity contribution < 1.29 is 18.6 Å². The molecule has 0 bridgehead atoms. The van der Waals surface area contributed by atoms with Gasteiger partial charge in [-0.1, -0.05) is 13.5 Å². The van der Waals surface area contributed by atoms with Crippen molar-refractivity contribution in [2.45, 2.75) is 26.7 Å². The molecule has 6 nitrogen and oxygen atoms in total. The van der Waals surface area contributed by atoms with E-state index in [1.54, 1.807) is 6.92 Å². The lowest BCUT2D eigenvalue weighted by atomic mass is 10.3. The van der Waals surface area contributed by atoms with Crippen LogP contribution in [0.3, 0.4) is 0 Å². The van der Waals surface area contributed by atoms with E-state index < -0.39 is 0 Å². The fourth-order valence-electron chi connectivity index (χ4n) is 2.60. The monoisotopic (exact) mass is 342 g/mol. The Bertz CT molecular complexity index is 431. The summed E-state index contributed by atoms with van der Waals surface area (Å²) in [5.41, 5.74) is 0.521. The maximum Gasteiger partial charge on any atom is 0.275 e. The van der Waals surface area contributed by atoms with E-state index in [2.05, 4.69) is 38.2 Å². The van der Waals surface area contributed by atoms with E-state index in [-0.39, 0.29) is 11.8 Å². The number of nitrogens with zero attached hydrogens (tertiary/aromatic N) is 2. The van der Waals surface area contributed by atoms with Crippen LogP contribution in [0.2, 0.25) is 0 Å². The summed E-state index contributed by atoms with van der Waals surface area (Å²) in [5, 5.41) is 5.85. The molecule has 0 rings (SSSR count). The van der Waals surface area contributed by atoms with Crippen molar-refractivity contribution >= 4 is 11.8 Å². The second-order valence-corrected chi connectivity index (χ2v) is 7.94. The summed E-state index contributed by atoms with van der Waals surface area (Å²) in [6.45, 7) is 12.2. The van der Waals surface area contributed by atoms with Crippen LogP contribution in [0, 0.1) is 0 Å². The van der Waals surface area contributed by atoms with Gasteiger partial charge < -0.3 is 19.6 Å². The molecule has 2 N–H and O–H groups in total. The van der Waals surface area contributed by atoms with Crippen molar-refractivity contribution in [3.8, 4) is 0 Å². The first-order chi connectivity index (χ1) is 11.0. The third-order valence-corrected chi connectivity index (χ3v) is 4.05. The summed E-state index contributed by atoms with van der Waals surface area (Å²) >= 11 is 0. The zero-order valence-electron chi connectivity index (χ0n) is 16.6. The van der Waals surface area contributed by atoms with E-state index >= 15 is 0 Å². The van der Waals surface area contributed by atoms with Crippen LogP contribution in [0.5, 0.6) is 0 Å². The lowest BCUT2D eigenvalue weighted by Crippen LogP contribution is -2.51. The quantitative estimate of drug-likeness (QED) is 0.312. The molecule has 0 aromatic heterocycles. The number of rotatable bonds is 12. The third kappa shape index (κ3) is 11.2. The van der Waals surface area contributed by atoms with Gasteiger partial charge in [0.05, 0.1) is 54.4 Å². The molecule has 0 unspecified atom stereocenters. The van der Waals surface area contributed by atoms with E-state index in [4.69, 9.17) is 0 Å². The van der Waals surface area contributed by atoms with Gasteiger partial charge in [-0.2, -0.15) is 0 Å². The van der Waals surface area contributed by atoms with Crippen molar-refractivity contribution in [3.05, 3.63) is 12.2 Å². The standard InChI is InChI=1S/C18H36N4O2/c1-8-12-21(4,5)14-11-19-17(23)15-22(6,7)13-9-10-20-18(24)16(2)3/h2,8-15H2,1,3-7H3/p+2. The molecule has 6 heteroatoms. The van der Waals surface area contributed by atoms with Crippen LogP contribution in [-0.4, -0.2) is 88.2 Å². The van der Waals surface area contributed by atoms with E-state index in [0.29, 0.717) is 29.7 Å². The molecule has 0 saturated heterocycles. The molecule has 0 fully saturated rings. The first-order valence-corrected chi connectivity index (χ1v) is 8.83. The van der Waals surface area contributed by atoms with Crippen LogP contribution in [0.1, 0.15) is 26.7 Å². The number of likely N-dealkylation sites (N-methyl/N-ethyl adjacent to an activating group) is 2. The molecule has 0 heterocycles. The summed E-state index contributed by atoms with van der Waals surface area (Å²) in [5.74, 6) is -0.0201. The van der Waals surface area contributed by atoms with Crippen LogP contribution < -0.4 is 10.6 Å². The summed E-state index contributed by atoms with van der Waals surface area (Å²) < 4.78 is 1.54. The van der Waals surface area contributed by atoms with Crippen LogP contribution in [-0.2, 0) is 9.59 Å². The highest BCUT2D eigenvalue weighted by Gasteiger charge is 2.20. The molecule has 2 amide bonds. The van der Waals surface area contributed by atoms with Crippen molar-refractivity contribution in [3.63, 3.8) is 0 Å². The molecule has 0 aromatic carbocycles. The van der Waals surface area contributed by atoms with E-state index in [1.165, 1.54) is 0 Å². The molecule has 0 aromatic rings. The Morgan fingerprint density at radius 2 is 1.54 bits per heavy atom. The summed E-state index contributed by atoms with van der Waals surface area (Å²) in [4.78, 5) is 23.5. The Balaban J connectivity index is 4.01. The molecular formula is C18H38N4O2+2. The Kier molecular flexibility index (Phi) is 9.85. The number of hydrogen-bond acceptors (Lipinski definition) is 2. The highest BCUT2D eigenvalue weighted by atomic mass is 16.2. The highest BCUT2D eigenvalue weighted by Crippen LogP contribution is 2.00. The van der Waals surface area contributed by atoms with E-state index in [0.717, 1.165) is 37.0 Å². The van der Waals surface area contributed by atoms with Gasteiger partial charge in [0.15, 0.2) is 6.54 Å². The lowest BCUT2D eigenvalue weighted by Gasteiger charge is -2.31. The number of quaternary nitrogens is 2. The minimum Gasteiger partial charge on any atom is -0.352 e. The van der Waals surface area contributed by atoms with Crippen molar-refractivity contribution in [2.24, 2.45) is 0 Å². The average Bonchev–Trinajstić information content (AvgIpc) is 2.42. The summed E-state index contributed by atoms with van der Waals surface area (Å²) in [7, 11) is 8.46. The number of carbonyl (C=O) groups is 2. The Morgan fingerprint density at radius 1 is 0.917 bits per heavy atom. The molecule has 140 valence electrons. The van der Waals surface area contributed by atoms with Gasteiger partial charge in [0, 0.05) is 18.5 Å². The van der Waals surface area contributed by atoms with E-state index in [1.807, 2.05) is 14.1 Å². The number of nitrogens with one attached hydrogen (secondary N) is 2. The van der Waals surface area contributed by atoms with Gasteiger partial charge in [-0.3, -0.25) is 9.59 Å². The van der Waals surface area contributed by atoms with Crippen molar-refractivity contribution in [1.82, 2.24) is 10.6 Å². The van der Waals surface area contributed by atoms with Gasteiger partial charge >= 0.3 is 0 Å². The van der Waals surface area contributed by atoms with Gasteiger partial charge in [0.25, 0.3) is 5.91 Å². The minimum absolute atomic E-state index is 0.0856. The molecule has 0 atom stereocenters. The SMILES string of the molecule is C=C(C)C(=O)NCCC[N+](C)(C)CC(=O)NCC[N+](C)(C)CCC. The predicted molar refractivity (Wildman–Crippen MR) is 99.4 cm³/mol. The normalized spacial score (nSPS) is 11.9. The fraction of sp³-hybridized carbons (Fsp3) is 0.778.